The largest absolute Gasteiger partial charge is 0.491 e. The van der Waals surface area contributed by atoms with Crippen LogP contribution in [0.15, 0.2) is 24.3 Å². The Morgan fingerprint density at radius 1 is 1.25 bits per heavy atom. The molecule has 2 aliphatic rings. The number of benzene rings is 1. The lowest BCUT2D eigenvalue weighted by Gasteiger charge is -2.29. The molecule has 3 rings (SSSR count). The van der Waals surface area contributed by atoms with Gasteiger partial charge in [-0.3, -0.25) is 9.69 Å². The summed E-state index contributed by atoms with van der Waals surface area (Å²) in [6, 6.07) is 7.80. The number of β-amino-alcohol motifs (C(OH)–C–C–N with tert-alkyl or cyclic N) is 1. The van der Waals surface area contributed by atoms with E-state index in [-0.39, 0.29) is 12.5 Å². The molecule has 2 heterocycles. The van der Waals surface area contributed by atoms with Crippen LogP contribution in [0.4, 0.5) is 0 Å². The number of hydrogen-bond acceptors (Lipinski definition) is 5. The molecule has 0 spiro atoms. The fourth-order valence-corrected chi connectivity index (χ4v) is 3.15. The molecular weight excluding hydrogens is 308 g/mol. The number of ether oxygens (including phenoxy) is 2. The van der Waals surface area contributed by atoms with Gasteiger partial charge in [0.25, 0.3) is 0 Å². The van der Waals surface area contributed by atoms with E-state index in [1.54, 1.807) is 0 Å². The van der Waals surface area contributed by atoms with Crippen LogP contribution in [-0.2, 0) is 9.53 Å². The smallest absolute Gasteiger partial charge is 0.236 e. The number of nitrogens with zero attached hydrogens (tertiary/aromatic N) is 2. The summed E-state index contributed by atoms with van der Waals surface area (Å²) in [4.78, 5) is 16.1. The topological polar surface area (TPSA) is 62.2 Å². The number of morpholine rings is 1. The summed E-state index contributed by atoms with van der Waals surface area (Å²) in [7, 11) is 0. The Morgan fingerprint density at radius 3 is 2.67 bits per heavy atom. The van der Waals surface area contributed by atoms with Crippen molar-refractivity contribution in [1.29, 1.82) is 0 Å². The van der Waals surface area contributed by atoms with E-state index in [1.807, 2.05) is 41.0 Å². The van der Waals surface area contributed by atoms with E-state index in [9.17, 15) is 9.90 Å². The summed E-state index contributed by atoms with van der Waals surface area (Å²) in [5.74, 6) is 0.874. The fraction of sp³-hybridized carbons (Fsp3) is 0.611. The van der Waals surface area contributed by atoms with Gasteiger partial charge in [-0.05, 0) is 25.5 Å². The second-order valence-electron chi connectivity index (χ2n) is 6.78. The lowest BCUT2D eigenvalue weighted by atomic mass is 10.1. The molecule has 1 N–H and O–H groups in total. The molecule has 6 heteroatoms. The van der Waals surface area contributed by atoms with E-state index < -0.39 is 5.60 Å². The molecule has 0 unspecified atom stereocenters. The minimum atomic E-state index is -0.893. The number of aliphatic hydroxyl groups is 1. The highest BCUT2D eigenvalue weighted by atomic mass is 16.5. The van der Waals surface area contributed by atoms with Gasteiger partial charge in [0.1, 0.15) is 18.0 Å². The van der Waals surface area contributed by atoms with Crippen LogP contribution in [0.1, 0.15) is 12.0 Å². The maximum atomic E-state index is 12.3. The van der Waals surface area contributed by atoms with E-state index in [4.69, 9.17) is 9.47 Å². The fourth-order valence-electron chi connectivity index (χ4n) is 3.15. The minimum Gasteiger partial charge on any atom is -0.491 e. The standard InChI is InChI=1S/C18H26N2O4/c1-15-2-4-16(5-3-15)24-14-18(22)6-7-19(13-18)12-17(21)20-8-10-23-11-9-20/h2-5,22H,6-14H2,1H3/t18-/m0/s1. The van der Waals surface area contributed by atoms with Gasteiger partial charge in [0.15, 0.2) is 0 Å². The van der Waals surface area contributed by atoms with Crippen LogP contribution in [-0.4, -0.2) is 79.0 Å². The molecule has 1 amide bonds. The molecule has 0 aromatic heterocycles. The van der Waals surface area contributed by atoms with E-state index >= 15 is 0 Å². The van der Waals surface area contributed by atoms with E-state index in [0.29, 0.717) is 52.4 Å². The quantitative estimate of drug-likeness (QED) is 0.858. The number of carbonyl (C=O) groups is 1. The van der Waals surface area contributed by atoms with E-state index in [2.05, 4.69) is 0 Å². The first-order chi connectivity index (χ1) is 11.5. The third-order valence-corrected chi connectivity index (χ3v) is 4.66. The lowest BCUT2D eigenvalue weighted by molar-refractivity contribution is -0.136. The highest BCUT2D eigenvalue weighted by Gasteiger charge is 2.38. The zero-order valence-electron chi connectivity index (χ0n) is 14.2. The number of aryl methyl sites for hydroxylation is 1. The average Bonchev–Trinajstić information content (AvgIpc) is 2.96. The molecule has 1 aromatic rings. The average molecular weight is 334 g/mol. The highest BCUT2D eigenvalue weighted by molar-refractivity contribution is 5.78. The molecule has 2 aliphatic heterocycles. The zero-order valence-corrected chi connectivity index (χ0v) is 14.2. The Bertz CT molecular complexity index is 557. The summed E-state index contributed by atoms with van der Waals surface area (Å²) in [5.41, 5.74) is 0.283. The molecule has 0 saturated carbocycles. The van der Waals surface area contributed by atoms with Crippen LogP contribution < -0.4 is 4.74 Å². The summed E-state index contributed by atoms with van der Waals surface area (Å²) >= 11 is 0. The molecule has 0 radical (unpaired) electrons. The minimum absolute atomic E-state index is 0.113. The van der Waals surface area contributed by atoms with Crippen LogP contribution in [0.25, 0.3) is 0 Å². The van der Waals surface area contributed by atoms with Crippen molar-refractivity contribution < 1.29 is 19.4 Å². The summed E-state index contributed by atoms with van der Waals surface area (Å²) < 4.78 is 11.0. The molecule has 1 atom stereocenters. The van der Waals surface area contributed by atoms with Gasteiger partial charge in [0.05, 0.1) is 19.8 Å². The van der Waals surface area contributed by atoms with Crippen molar-refractivity contribution in [3.63, 3.8) is 0 Å². The monoisotopic (exact) mass is 334 g/mol. The van der Waals surface area contributed by atoms with Gasteiger partial charge in [-0.25, -0.2) is 0 Å². The van der Waals surface area contributed by atoms with Gasteiger partial charge >= 0.3 is 0 Å². The molecule has 2 fully saturated rings. The first-order valence-electron chi connectivity index (χ1n) is 8.54. The molecule has 1 aromatic carbocycles. The van der Waals surface area contributed by atoms with Gasteiger partial charge in [0.2, 0.25) is 5.91 Å². The zero-order chi connectivity index (χ0) is 17.0. The molecule has 6 nitrogen and oxygen atoms in total. The normalized spacial score (nSPS) is 25.0. The SMILES string of the molecule is Cc1ccc(OC[C@]2(O)CCN(CC(=O)N3CCOCC3)C2)cc1. The Kier molecular flexibility index (Phi) is 5.38. The van der Waals surface area contributed by atoms with Crippen LogP contribution in [0.2, 0.25) is 0 Å². The molecule has 24 heavy (non-hydrogen) atoms. The lowest BCUT2D eigenvalue weighted by Crippen LogP contribution is -2.46. The Labute approximate surface area is 143 Å². The molecule has 0 aliphatic carbocycles. The highest BCUT2D eigenvalue weighted by Crippen LogP contribution is 2.23. The van der Waals surface area contributed by atoms with Crippen molar-refractivity contribution in [3.8, 4) is 5.75 Å². The number of amides is 1. The first-order valence-corrected chi connectivity index (χ1v) is 8.54. The summed E-state index contributed by atoms with van der Waals surface area (Å²) in [6.07, 6.45) is 0.620. The third kappa shape index (κ3) is 4.47. The number of rotatable bonds is 5. The van der Waals surface area contributed by atoms with Gasteiger partial charge in [0, 0.05) is 26.2 Å². The van der Waals surface area contributed by atoms with Crippen molar-refractivity contribution in [1.82, 2.24) is 9.80 Å². The summed E-state index contributed by atoms with van der Waals surface area (Å²) in [5, 5.41) is 10.7. The van der Waals surface area contributed by atoms with Crippen molar-refractivity contribution in [2.75, 3.05) is 52.5 Å². The Balaban J connectivity index is 1.46. The third-order valence-electron chi connectivity index (χ3n) is 4.66. The maximum absolute atomic E-state index is 12.3. The second-order valence-corrected chi connectivity index (χ2v) is 6.78. The number of likely N-dealkylation sites (tertiary alicyclic amines) is 1. The van der Waals surface area contributed by atoms with Gasteiger partial charge in [-0.1, -0.05) is 17.7 Å². The number of hydrogen-bond donors (Lipinski definition) is 1. The molecular formula is C18H26N2O4. The molecule has 132 valence electrons. The predicted molar refractivity (Wildman–Crippen MR) is 90.1 cm³/mol. The number of carbonyl (C=O) groups excluding carboxylic acids is 1. The van der Waals surface area contributed by atoms with Gasteiger partial charge < -0.3 is 19.5 Å². The predicted octanol–water partition coefficient (Wildman–Crippen LogP) is 0.669. The van der Waals surface area contributed by atoms with Crippen LogP contribution in [0.3, 0.4) is 0 Å². The first kappa shape index (κ1) is 17.2. The Morgan fingerprint density at radius 2 is 1.96 bits per heavy atom. The second kappa shape index (κ2) is 7.51. The van der Waals surface area contributed by atoms with Crippen molar-refractivity contribution >= 4 is 5.91 Å². The van der Waals surface area contributed by atoms with Crippen LogP contribution in [0.5, 0.6) is 5.75 Å². The van der Waals surface area contributed by atoms with E-state index in [0.717, 1.165) is 5.75 Å². The van der Waals surface area contributed by atoms with Crippen molar-refractivity contribution in [3.05, 3.63) is 29.8 Å². The van der Waals surface area contributed by atoms with Crippen LogP contribution >= 0.6 is 0 Å². The van der Waals surface area contributed by atoms with Gasteiger partial charge in [-0.15, -0.1) is 0 Å². The van der Waals surface area contributed by atoms with Crippen LogP contribution in [0, 0.1) is 6.92 Å². The van der Waals surface area contributed by atoms with Crippen molar-refractivity contribution in [2.24, 2.45) is 0 Å². The summed E-state index contributed by atoms with van der Waals surface area (Å²) in [6.45, 7) is 6.35. The van der Waals surface area contributed by atoms with Gasteiger partial charge in [-0.2, -0.15) is 0 Å². The van der Waals surface area contributed by atoms with Crippen molar-refractivity contribution in [2.45, 2.75) is 18.9 Å². The van der Waals surface area contributed by atoms with E-state index in [1.165, 1.54) is 5.56 Å². The Hall–Kier alpha value is -1.63. The molecule has 2 saturated heterocycles. The molecule has 0 bridgehead atoms. The maximum Gasteiger partial charge on any atom is 0.236 e.